The highest BCUT2D eigenvalue weighted by Crippen LogP contribution is 2.24. The van der Waals surface area contributed by atoms with E-state index in [1.54, 1.807) is 0 Å². The lowest BCUT2D eigenvalue weighted by atomic mass is 9.86. The second kappa shape index (κ2) is 9.36. The Morgan fingerprint density at radius 3 is 1.92 bits per heavy atom. The number of carboxylic acid groups (broad SMARTS) is 4. The molecule has 146 valence electrons. The minimum absolute atomic E-state index is 0.109. The Bertz CT molecular complexity index is 590. The van der Waals surface area contributed by atoms with Gasteiger partial charge in [0.25, 0.3) is 0 Å². The number of hydrogen-bond donors (Lipinski definition) is 5. The Labute approximate surface area is 148 Å². The predicted molar refractivity (Wildman–Crippen MR) is 85.1 cm³/mol. The van der Waals surface area contributed by atoms with Crippen molar-refractivity contribution in [1.29, 1.82) is 0 Å². The molecule has 0 aromatic carbocycles. The topological polar surface area (TPSA) is 199 Å². The van der Waals surface area contributed by atoms with E-state index in [2.05, 4.69) is 6.58 Å². The van der Waals surface area contributed by atoms with Gasteiger partial charge in [0.05, 0.1) is 0 Å². The highest BCUT2D eigenvalue weighted by molar-refractivity contribution is 5.99. The summed E-state index contributed by atoms with van der Waals surface area (Å²) in [5.74, 6) is -5.77. The van der Waals surface area contributed by atoms with Gasteiger partial charge in [-0.15, -0.1) is 0 Å². The molecule has 26 heavy (non-hydrogen) atoms. The number of nitrogens with zero attached hydrogens (tertiary/aromatic N) is 2. The average Bonchev–Trinajstić information content (AvgIpc) is 2.54. The van der Waals surface area contributed by atoms with Crippen molar-refractivity contribution in [3.05, 3.63) is 12.7 Å². The van der Waals surface area contributed by atoms with Crippen molar-refractivity contribution in [2.45, 2.75) is 19.5 Å². The Balaban J connectivity index is 5.35. The van der Waals surface area contributed by atoms with Gasteiger partial charge in [0, 0.05) is 13.1 Å². The molecular weight excluding hydrogens is 354 g/mol. The summed E-state index contributed by atoms with van der Waals surface area (Å²) in [6.07, 6.45) is -2.58. The third kappa shape index (κ3) is 5.44. The highest BCUT2D eigenvalue weighted by atomic mass is 16.4. The van der Waals surface area contributed by atoms with E-state index in [1.807, 2.05) is 0 Å². The van der Waals surface area contributed by atoms with E-state index in [-0.39, 0.29) is 19.5 Å². The maximum atomic E-state index is 12.0. The quantitative estimate of drug-likeness (QED) is 0.168. The van der Waals surface area contributed by atoms with Crippen LogP contribution in [0, 0.1) is 5.41 Å². The van der Waals surface area contributed by atoms with Crippen LogP contribution in [0.4, 0.5) is 4.79 Å². The monoisotopic (exact) mass is 375 g/mol. The van der Waals surface area contributed by atoms with Crippen LogP contribution in [-0.2, 0) is 19.2 Å². The van der Waals surface area contributed by atoms with Gasteiger partial charge in [-0.3, -0.25) is 24.1 Å². The molecule has 0 aromatic heterocycles. The van der Waals surface area contributed by atoms with Gasteiger partial charge in [-0.05, 0) is 19.4 Å². The Kier molecular flexibility index (Phi) is 8.23. The molecule has 0 rings (SSSR count). The number of carbonyl (C=O) groups is 5. The van der Waals surface area contributed by atoms with Crippen LogP contribution >= 0.6 is 0 Å². The zero-order valence-corrected chi connectivity index (χ0v) is 14.0. The van der Waals surface area contributed by atoms with E-state index in [9.17, 15) is 34.2 Å². The largest absolute Gasteiger partial charge is 0.480 e. The van der Waals surface area contributed by atoms with Gasteiger partial charge in [-0.2, -0.15) is 0 Å². The zero-order valence-electron chi connectivity index (χ0n) is 14.0. The van der Waals surface area contributed by atoms with Crippen LogP contribution in [0.2, 0.25) is 0 Å². The third-order valence-corrected chi connectivity index (χ3v) is 3.70. The molecule has 0 heterocycles. The van der Waals surface area contributed by atoms with Gasteiger partial charge in [-0.25, -0.2) is 4.79 Å². The Hall–Kier alpha value is -3.15. The van der Waals surface area contributed by atoms with Crippen LogP contribution in [0.5, 0.6) is 0 Å². The number of hydrogen-bond acceptors (Lipinski definition) is 6. The maximum Gasteiger partial charge on any atom is 0.407 e. The Morgan fingerprint density at radius 2 is 1.58 bits per heavy atom. The van der Waals surface area contributed by atoms with Crippen molar-refractivity contribution < 1.29 is 44.4 Å². The molecule has 0 aromatic rings. The van der Waals surface area contributed by atoms with Crippen molar-refractivity contribution in [2.75, 3.05) is 19.6 Å². The van der Waals surface area contributed by atoms with Crippen LogP contribution in [0.15, 0.2) is 12.7 Å². The normalized spacial score (nSPS) is 11.9. The molecule has 0 aliphatic carbocycles. The van der Waals surface area contributed by atoms with E-state index < -0.39 is 48.0 Å². The second-order valence-corrected chi connectivity index (χ2v) is 5.44. The van der Waals surface area contributed by atoms with E-state index in [0.29, 0.717) is 4.90 Å². The van der Waals surface area contributed by atoms with Gasteiger partial charge in [0.15, 0.2) is 5.41 Å². The van der Waals surface area contributed by atoms with Crippen molar-refractivity contribution in [1.82, 2.24) is 9.80 Å². The number of carbonyl (C=O) groups excluding carboxylic acids is 1. The number of rotatable bonds is 11. The lowest BCUT2D eigenvalue weighted by molar-refractivity contribution is -0.169. The van der Waals surface area contributed by atoms with Crippen molar-refractivity contribution >= 4 is 29.9 Å². The fourth-order valence-corrected chi connectivity index (χ4v) is 2.00. The third-order valence-electron chi connectivity index (χ3n) is 3.70. The first-order valence-electron chi connectivity index (χ1n) is 7.24. The minimum Gasteiger partial charge on any atom is -0.480 e. The Morgan fingerprint density at radius 1 is 1.08 bits per heavy atom. The highest BCUT2D eigenvalue weighted by Gasteiger charge is 2.50. The predicted octanol–water partition coefficient (Wildman–Crippen LogP) is -1.08. The molecule has 1 unspecified atom stereocenters. The van der Waals surface area contributed by atoms with E-state index >= 15 is 0 Å². The fraction of sp³-hybridized carbons (Fsp3) is 0.500. The molecule has 0 fully saturated rings. The number of aliphatic carboxylic acids is 3. The molecule has 12 heteroatoms. The molecule has 12 nitrogen and oxygen atoms in total. The average molecular weight is 375 g/mol. The molecule has 6 N–H and O–H groups in total. The maximum absolute atomic E-state index is 12.0. The molecule has 0 spiro atoms. The van der Waals surface area contributed by atoms with Gasteiger partial charge in [0.2, 0.25) is 5.91 Å². The van der Waals surface area contributed by atoms with Crippen LogP contribution in [0.25, 0.3) is 0 Å². The van der Waals surface area contributed by atoms with Crippen molar-refractivity contribution in [3.63, 3.8) is 0 Å². The molecule has 2 amide bonds. The first-order chi connectivity index (χ1) is 11.9. The summed E-state index contributed by atoms with van der Waals surface area (Å²) in [6, 6.07) is 0. The van der Waals surface area contributed by atoms with Crippen molar-refractivity contribution in [2.24, 2.45) is 11.1 Å². The molecule has 0 saturated heterocycles. The van der Waals surface area contributed by atoms with Gasteiger partial charge < -0.3 is 31.1 Å². The summed E-state index contributed by atoms with van der Waals surface area (Å²) in [5.41, 5.74) is 3.18. The zero-order chi connectivity index (χ0) is 20.7. The summed E-state index contributed by atoms with van der Waals surface area (Å²) >= 11 is 0. The van der Waals surface area contributed by atoms with Crippen molar-refractivity contribution in [3.8, 4) is 0 Å². The first kappa shape index (κ1) is 22.9. The van der Waals surface area contributed by atoms with Crippen LogP contribution in [-0.4, -0.2) is 85.9 Å². The lowest BCUT2D eigenvalue weighted by Gasteiger charge is -2.36. The molecule has 1 atom stereocenters. The molecule has 0 radical (unpaired) electrons. The smallest absolute Gasteiger partial charge is 0.407 e. The van der Waals surface area contributed by atoms with Crippen LogP contribution in [0.1, 0.15) is 13.3 Å². The van der Waals surface area contributed by atoms with Gasteiger partial charge in [0.1, 0.15) is 12.7 Å². The molecular formula is C14H21N3O9. The number of carboxylic acids is 3. The van der Waals surface area contributed by atoms with E-state index in [0.717, 1.165) is 17.9 Å². The van der Waals surface area contributed by atoms with Crippen LogP contribution in [0.3, 0.4) is 0 Å². The lowest BCUT2D eigenvalue weighted by Crippen LogP contribution is -2.61. The standard InChI is InChI=1S/C14H21N3O9/c1-3-8(18)17(10(15)14(2,11(21)22)12(23)24)6-4-5-16(13(25)26)7-9(19)20/h3,10H,1,4-7,15H2,2H3,(H,19,20)(H,21,22)(H,23,24)(H,25,26). The number of nitrogens with two attached hydrogens (primary N) is 1. The summed E-state index contributed by atoms with van der Waals surface area (Å²) in [4.78, 5) is 57.5. The van der Waals surface area contributed by atoms with Gasteiger partial charge in [-0.1, -0.05) is 6.58 Å². The summed E-state index contributed by atoms with van der Waals surface area (Å²) in [6.45, 7) is 2.65. The molecule has 0 bridgehead atoms. The number of amides is 2. The molecule has 0 saturated carbocycles. The molecule has 0 aliphatic rings. The van der Waals surface area contributed by atoms with Gasteiger partial charge >= 0.3 is 24.0 Å². The fourth-order valence-electron chi connectivity index (χ4n) is 2.00. The summed E-state index contributed by atoms with van der Waals surface area (Å²) in [5, 5.41) is 35.9. The van der Waals surface area contributed by atoms with Crippen LogP contribution < -0.4 is 5.73 Å². The SMILES string of the molecule is C=CC(=O)N(CCCN(CC(=O)O)C(=O)O)C(N)C(C)(C(=O)O)C(=O)O. The second-order valence-electron chi connectivity index (χ2n) is 5.44. The minimum atomic E-state index is -2.52. The summed E-state index contributed by atoms with van der Waals surface area (Å²) < 4.78 is 0. The summed E-state index contributed by atoms with van der Waals surface area (Å²) in [7, 11) is 0. The first-order valence-corrected chi connectivity index (χ1v) is 7.24. The van der Waals surface area contributed by atoms with E-state index in [4.69, 9.17) is 15.9 Å². The molecule has 0 aliphatic heterocycles. The van der Waals surface area contributed by atoms with E-state index in [1.165, 1.54) is 0 Å².